The van der Waals surface area contributed by atoms with Crippen molar-refractivity contribution in [3.8, 4) is 0 Å². The Bertz CT molecular complexity index is 587. The van der Waals surface area contributed by atoms with Crippen LogP contribution in [-0.4, -0.2) is 17.1 Å². The molecule has 116 valence electrons. The van der Waals surface area contributed by atoms with Crippen molar-refractivity contribution in [2.24, 2.45) is 5.92 Å². The van der Waals surface area contributed by atoms with Crippen LogP contribution in [0.4, 0.5) is 4.39 Å². The highest BCUT2D eigenvalue weighted by molar-refractivity contribution is 5.16. The van der Waals surface area contributed by atoms with Gasteiger partial charge < -0.3 is 9.84 Å². The Morgan fingerprint density at radius 1 is 1.05 bits per heavy atom. The fourth-order valence-corrected chi connectivity index (χ4v) is 2.77. The maximum absolute atomic E-state index is 14.4. The molecule has 0 aliphatic heterocycles. The molecule has 3 heteroatoms. The van der Waals surface area contributed by atoms with Gasteiger partial charge in [-0.3, -0.25) is 0 Å². The molecule has 0 heterocycles. The summed E-state index contributed by atoms with van der Waals surface area (Å²) in [4.78, 5) is 0. The van der Waals surface area contributed by atoms with Crippen LogP contribution in [0.15, 0.2) is 60.7 Å². The molecule has 1 saturated carbocycles. The van der Waals surface area contributed by atoms with Crippen molar-refractivity contribution in [1.82, 2.24) is 0 Å². The summed E-state index contributed by atoms with van der Waals surface area (Å²) < 4.78 is 19.8. The standard InChI is InChI=1S/C19H21FO2/c20-19(22-14-16-9-5-2-6-10-16)13-17(19)18(21)12-11-15-7-3-1-4-8-15/h1-10,17-18,21H,11-14H2. The molecule has 3 unspecified atom stereocenters. The molecule has 0 aromatic heterocycles. The molecule has 1 fully saturated rings. The summed E-state index contributed by atoms with van der Waals surface area (Å²) >= 11 is 0. The lowest BCUT2D eigenvalue weighted by atomic mass is 10.0. The highest BCUT2D eigenvalue weighted by atomic mass is 19.2. The van der Waals surface area contributed by atoms with Crippen LogP contribution < -0.4 is 0 Å². The SMILES string of the molecule is OC(CCc1ccccc1)C1CC1(F)OCc1ccccc1. The van der Waals surface area contributed by atoms with Gasteiger partial charge in [0.05, 0.1) is 12.7 Å². The summed E-state index contributed by atoms with van der Waals surface area (Å²) in [5.74, 6) is -2.06. The van der Waals surface area contributed by atoms with E-state index in [0.29, 0.717) is 6.42 Å². The average Bonchev–Trinajstić information content (AvgIpc) is 3.25. The van der Waals surface area contributed by atoms with E-state index in [-0.39, 0.29) is 13.0 Å². The van der Waals surface area contributed by atoms with Gasteiger partial charge in [0.2, 0.25) is 5.85 Å². The van der Waals surface area contributed by atoms with E-state index >= 15 is 0 Å². The summed E-state index contributed by atoms with van der Waals surface area (Å²) in [6, 6.07) is 19.5. The van der Waals surface area contributed by atoms with Crippen molar-refractivity contribution < 1.29 is 14.2 Å². The van der Waals surface area contributed by atoms with Crippen LogP contribution in [0.25, 0.3) is 0 Å². The third-order valence-electron chi connectivity index (χ3n) is 4.25. The number of aliphatic hydroxyl groups excluding tert-OH is 1. The Morgan fingerprint density at radius 3 is 2.27 bits per heavy atom. The highest BCUT2D eigenvalue weighted by Crippen LogP contribution is 2.51. The fourth-order valence-electron chi connectivity index (χ4n) is 2.77. The van der Waals surface area contributed by atoms with Crippen molar-refractivity contribution in [1.29, 1.82) is 0 Å². The third-order valence-corrected chi connectivity index (χ3v) is 4.25. The minimum Gasteiger partial charge on any atom is -0.393 e. The van der Waals surface area contributed by atoms with Crippen LogP contribution >= 0.6 is 0 Å². The zero-order valence-electron chi connectivity index (χ0n) is 12.5. The number of aliphatic hydroxyl groups is 1. The average molecular weight is 300 g/mol. The first-order chi connectivity index (χ1) is 10.7. The van der Waals surface area contributed by atoms with Crippen molar-refractivity contribution >= 4 is 0 Å². The van der Waals surface area contributed by atoms with Gasteiger partial charge in [-0.2, -0.15) is 0 Å². The number of hydrogen-bond donors (Lipinski definition) is 1. The smallest absolute Gasteiger partial charge is 0.215 e. The van der Waals surface area contributed by atoms with Gasteiger partial charge in [0.25, 0.3) is 0 Å². The van der Waals surface area contributed by atoms with Gasteiger partial charge in [0, 0.05) is 12.3 Å². The molecule has 2 nitrogen and oxygen atoms in total. The molecule has 1 N–H and O–H groups in total. The first-order valence-corrected chi connectivity index (χ1v) is 7.76. The van der Waals surface area contributed by atoms with Gasteiger partial charge in [-0.15, -0.1) is 0 Å². The Hall–Kier alpha value is -1.71. The second kappa shape index (κ2) is 6.59. The maximum atomic E-state index is 14.4. The number of rotatable bonds is 7. The summed E-state index contributed by atoms with van der Waals surface area (Å²) in [6.07, 6.45) is 0.957. The second-order valence-corrected chi connectivity index (χ2v) is 5.96. The monoisotopic (exact) mass is 300 g/mol. The molecule has 0 saturated heterocycles. The van der Waals surface area contributed by atoms with Crippen molar-refractivity contribution in [3.05, 3.63) is 71.8 Å². The number of halogens is 1. The molecule has 0 bridgehead atoms. The summed E-state index contributed by atoms with van der Waals surface area (Å²) in [6.45, 7) is 0.249. The zero-order valence-corrected chi connectivity index (χ0v) is 12.5. The van der Waals surface area contributed by atoms with E-state index in [1.54, 1.807) is 0 Å². The molecule has 3 rings (SSSR count). The van der Waals surface area contributed by atoms with E-state index in [1.807, 2.05) is 60.7 Å². The van der Waals surface area contributed by atoms with Crippen LogP contribution in [0.5, 0.6) is 0 Å². The lowest BCUT2D eigenvalue weighted by Gasteiger charge is -2.14. The minimum absolute atomic E-state index is 0.249. The Balaban J connectivity index is 1.45. The van der Waals surface area contributed by atoms with Gasteiger partial charge in [-0.05, 0) is 24.0 Å². The van der Waals surface area contributed by atoms with Crippen LogP contribution in [0.3, 0.4) is 0 Å². The van der Waals surface area contributed by atoms with E-state index in [2.05, 4.69) is 0 Å². The zero-order chi connectivity index (χ0) is 15.4. The van der Waals surface area contributed by atoms with Crippen molar-refractivity contribution in [2.45, 2.75) is 37.8 Å². The summed E-state index contributed by atoms with van der Waals surface area (Å²) in [5, 5.41) is 10.2. The van der Waals surface area contributed by atoms with Crippen LogP contribution in [0.2, 0.25) is 0 Å². The van der Waals surface area contributed by atoms with E-state index in [1.165, 1.54) is 0 Å². The highest BCUT2D eigenvalue weighted by Gasteiger charge is 2.60. The Kier molecular flexibility index (Phi) is 4.55. The van der Waals surface area contributed by atoms with Crippen molar-refractivity contribution in [2.75, 3.05) is 0 Å². The van der Waals surface area contributed by atoms with Gasteiger partial charge >= 0.3 is 0 Å². The third kappa shape index (κ3) is 3.73. The summed E-state index contributed by atoms with van der Waals surface area (Å²) in [5.41, 5.74) is 2.11. The molecule has 0 amide bonds. The second-order valence-electron chi connectivity index (χ2n) is 5.96. The van der Waals surface area contributed by atoms with Gasteiger partial charge in [-0.25, -0.2) is 4.39 Å². The van der Waals surface area contributed by atoms with E-state index in [9.17, 15) is 9.50 Å². The normalized spacial score (nSPS) is 24.9. The fraction of sp³-hybridized carbons (Fsp3) is 0.368. The number of aryl methyl sites for hydroxylation is 1. The van der Waals surface area contributed by atoms with Crippen molar-refractivity contribution in [3.63, 3.8) is 0 Å². The molecule has 0 spiro atoms. The molecular formula is C19H21FO2. The molecule has 3 atom stereocenters. The molecule has 2 aromatic carbocycles. The van der Waals surface area contributed by atoms with Crippen LogP contribution in [-0.2, 0) is 17.8 Å². The van der Waals surface area contributed by atoms with Gasteiger partial charge in [0.1, 0.15) is 0 Å². The lowest BCUT2D eigenvalue weighted by molar-refractivity contribution is -0.0985. The first kappa shape index (κ1) is 15.2. The topological polar surface area (TPSA) is 29.5 Å². The number of alkyl halides is 1. The number of benzene rings is 2. The molecule has 22 heavy (non-hydrogen) atoms. The number of ether oxygens (including phenoxy) is 1. The molecule has 2 aromatic rings. The molecule has 1 aliphatic rings. The number of hydrogen-bond acceptors (Lipinski definition) is 2. The quantitative estimate of drug-likeness (QED) is 0.841. The maximum Gasteiger partial charge on any atom is 0.215 e. The summed E-state index contributed by atoms with van der Waals surface area (Å²) in [7, 11) is 0. The van der Waals surface area contributed by atoms with Gasteiger partial charge in [-0.1, -0.05) is 60.7 Å². The molecule has 1 aliphatic carbocycles. The molecular weight excluding hydrogens is 279 g/mol. The van der Waals surface area contributed by atoms with E-state index in [0.717, 1.165) is 17.5 Å². The molecule has 0 radical (unpaired) electrons. The lowest BCUT2D eigenvalue weighted by Crippen LogP contribution is -2.20. The van der Waals surface area contributed by atoms with Crippen LogP contribution in [0, 0.1) is 5.92 Å². The Labute approximate surface area is 130 Å². The predicted octanol–water partition coefficient (Wildman–Crippen LogP) is 3.88. The first-order valence-electron chi connectivity index (χ1n) is 7.76. The minimum atomic E-state index is -1.66. The van der Waals surface area contributed by atoms with E-state index < -0.39 is 17.9 Å². The largest absolute Gasteiger partial charge is 0.393 e. The van der Waals surface area contributed by atoms with Crippen LogP contribution in [0.1, 0.15) is 24.0 Å². The predicted molar refractivity (Wildman–Crippen MR) is 83.9 cm³/mol. The van der Waals surface area contributed by atoms with Gasteiger partial charge in [0.15, 0.2) is 0 Å². The van der Waals surface area contributed by atoms with E-state index in [4.69, 9.17) is 4.74 Å². The Morgan fingerprint density at radius 2 is 1.64 bits per heavy atom.